The van der Waals surface area contributed by atoms with Crippen LogP contribution in [0.3, 0.4) is 0 Å². The Bertz CT molecular complexity index is 887. The second-order valence-corrected chi connectivity index (χ2v) is 6.13. The molecule has 3 amide bonds. The molecular formula is C18H17FN4O4. The Hall–Kier alpha value is -3.36. The van der Waals surface area contributed by atoms with Crippen molar-refractivity contribution in [1.82, 2.24) is 15.3 Å². The first-order valence-electron chi connectivity index (χ1n) is 8.23. The van der Waals surface area contributed by atoms with E-state index in [2.05, 4.69) is 20.6 Å². The number of nitrogens with zero attached hydrogens (tertiary/aromatic N) is 2. The number of carbonyl (C=O) groups is 3. The quantitative estimate of drug-likeness (QED) is 0.773. The van der Waals surface area contributed by atoms with E-state index in [4.69, 9.17) is 4.74 Å². The number of hydrogen-bond donors (Lipinski definition) is 2. The number of aromatic nitrogens is 2. The molecular weight excluding hydrogens is 355 g/mol. The molecule has 0 saturated carbocycles. The van der Waals surface area contributed by atoms with Gasteiger partial charge in [0.05, 0.1) is 12.8 Å². The third kappa shape index (κ3) is 4.63. The van der Waals surface area contributed by atoms with Crippen LogP contribution in [0.4, 0.5) is 10.2 Å². The van der Waals surface area contributed by atoms with Crippen molar-refractivity contribution in [2.75, 3.05) is 12.4 Å². The van der Waals surface area contributed by atoms with Crippen LogP contribution in [0, 0.1) is 11.7 Å². The monoisotopic (exact) mass is 372 g/mol. The second kappa shape index (κ2) is 7.90. The van der Waals surface area contributed by atoms with Gasteiger partial charge in [0.1, 0.15) is 23.7 Å². The van der Waals surface area contributed by atoms with Crippen molar-refractivity contribution in [3.63, 3.8) is 0 Å². The molecule has 1 aromatic heterocycles. The Morgan fingerprint density at radius 3 is 2.70 bits per heavy atom. The van der Waals surface area contributed by atoms with Crippen molar-refractivity contribution in [2.24, 2.45) is 5.92 Å². The van der Waals surface area contributed by atoms with E-state index in [1.54, 1.807) is 0 Å². The molecule has 0 radical (unpaired) electrons. The minimum Gasteiger partial charge on any atom is -0.496 e. The minimum absolute atomic E-state index is 0.0157. The lowest BCUT2D eigenvalue weighted by molar-refractivity contribution is -0.135. The van der Waals surface area contributed by atoms with Crippen LogP contribution in [0.25, 0.3) is 11.3 Å². The number of piperidine rings is 1. The van der Waals surface area contributed by atoms with E-state index >= 15 is 0 Å². The zero-order chi connectivity index (χ0) is 19.4. The molecule has 1 fully saturated rings. The van der Waals surface area contributed by atoms with Gasteiger partial charge in [-0.1, -0.05) is 0 Å². The van der Waals surface area contributed by atoms with Gasteiger partial charge in [0.25, 0.3) is 0 Å². The summed E-state index contributed by atoms with van der Waals surface area (Å²) in [6.45, 7) is 0. The van der Waals surface area contributed by atoms with Gasteiger partial charge in [0, 0.05) is 30.9 Å². The van der Waals surface area contributed by atoms with E-state index in [0.29, 0.717) is 17.0 Å². The first kappa shape index (κ1) is 18.4. The average molecular weight is 372 g/mol. The number of halogens is 1. The van der Waals surface area contributed by atoms with Gasteiger partial charge < -0.3 is 10.1 Å². The predicted molar refractivity (Wildman–Crippen MR) is 93.1 cm³/mol. The average Bonchev–Trinajstić information content (AvgIpc) is 2.61. The van der Waals surface area contributed by atoms with Gasteiger partial charge in [-0.25, -0.2) is 14.4 Å². The minimum atomic E-state index is -0.449. The van der Waals surface area contributed by atoms with E-state index in [1.165, 1.54) is 37.7 Å². The molecule has 2 aromatic rings. The number of rotatable bonds is 5. The highest BCUT2D eigenvalue weighted by Gasteiger charge is 2.26. The van der Waals surface area contributed by atoms with Crippen LogP contribution in [-0.4, -0.2) is 34.8 Å². The topological polar surface area (TPSA) is 110 Å². The molecule has 1 aliphatic rings. The molecule has 140 valence electrons. The van der Waals surface area contributed by atoms with Crippen LogP contribution < -0.4 is 15.4 Å². The van der Waals surface area contributed by atoms with Crippen molar-refractivity contribution in [3.05, 3.63) is 36.4 Å². The first-order valence-corrected chi connectivity index (χ1v) is 8.23. The molecule has 0 aliphatic carbocycles. The van der Waals surface area contributed by atoms with Crippen molar-refractivity contribution >= 4 is 23.5 Å². The van der Waals surface area contributed by atoms with Crippen LogP contribution in [-0.2, 0) is 14.4 Å². The number of amides is 3. The number of anilines is 1. The summed E-state index contributed by atoms with van der Waals surface area (Å²) in [6, 6.07) is 5.52. The van der Waals surface area contributed by atoms with Gasteiger partial charge in [0.15, 0.2) is 0 Å². The Morgan fingerprint density at radius 1 is 1.26 bits per heavy atom. The summed E-state index contributed by atoms with van der Waals surface area (Å²) in [7, 11) is 1.46. The summed E-state index contributed by atoms with van der Waals surface area (Å²) in [6.07, 6.45) is 1.50. The smallest absolute Gasteiger partial charge is 0.226 e. The lowest BCUT2D eigenvalue weighted by Gasteiger charge is -2.20. The highest BCUT2D eigenvalue weighted by atomic mass is 19.1. The fourth-order valence-electron chi connectivity index (χ4n) is 2.91. The fourth-order valence-corrected chi connectivity index (χ4v) is 2.91. The molecule has 8 nitrogen and oxygen atoms in total. The van der Waals surface area contributed by atoms with E-state index in [9.17, 15) is 18.8 Å². The maximum absolute atomic E-state index is 13.6. The maximum Gasteiger partial charge on any atom is 0.226 e. The van der Waals surface area contributed by atoms with Gasteiger partial charge >= 0.3 is 0 Å². The molecule has 2 N–H and O–H groups in total. The predicted octanol–water partition coefficient (Wildman–Crippen LogP) is 1.67. The molecule has 1 saturated heterocycles. The van der Waals surface area contributed by atoms with Crippen LogP contribution in [0.5, 0.6) is 5.75 Å². The van der Waals surface area contributed by atoms with Gasteiger partial charge in [0.2, 0.25) is 17.7 Å². The summed E-state index contributed by atoms with van der Waals surface area (Å²) in [5.41, 5.74) is 0.800. The molecule has 0 unspecified atom stereocenters. The molecule has 1 aromatic carbocycles. The Kier molecular flexibility index (Phi) is 5.39. The molecule has 0 atom stereocenters. The Labute approximate surface area is 154 Å². The number of hydrogen-bond acceptors (Lipinski definition) is 6. The molecule has 2 heterocycles. The van der Waals surface area contributed by atoms with E-state index in [1.807, 2.05) is 0 Å². The summed E-state index contributed by atoms with van der Waals surface area (Å²) < 4.78 is 18.8. The largest absolute Gasteiger partial charge is 0.496 e. The van der Waals surface area contributed by atoms with Crippen LogP contribution in [0.15, 0.2) is 30.6 Å². The van der Waals surface area contributed by atoms with Gasteiger partial charge in [-0.3, -0.25) is 19.7 Å². The Morgan fingerprint density at radius 2 is 2.00 bits per heavy atom. The van der Waals surface area contributed by atoms with E-state index in [0.717, 1.165) is 0 Å². The molecule has 27 heavy (non-hydrogen) atoms. The number of carbonyl (C=O) groups excluding carboxylic acids is 3. The summed E-state index contributed by atoms with van der Waals surface area (Å²) in [4.78, 5) is 43.1. The summed E-state index contributed by atoms with van der Waals surface area (Å²) >= 11 is 0. The SMILES string of the molecule is COc1ccc(F)cc1-c1cc(NC(=O)CC2CC(=O)NC(=O)C2)ncn1. The number of methoxy groups -OCH3 is 1. The number of benzene rings is 1. The van der Waals surface area contributed by atoms with Crippen molar-refractivity contribution < 1.29 is 23.5 Å². The maximum atomic E-state index is 13.6. The summed E-state index contributed by atoms with van der Waals surface area (Å²) in [5, 5.41) is 4.81. The molecule has 0 bridgehead atoms. The van der Waals surface area contributed by atoms with Crippen LogP contribution in [0.2, 0.25) is 0 Å². The molecule has 9 heteroatoms. The highest BCUT2D eigenvalue weighted by molar-refractivity contribution is 5.99. The van der Waals surface area contributed by atoms with Crippen LogP contribution in [0.1, 0.15) is 19.3 Å². The standard InChI is InChI=1S/C18H17FN4O4/c1-27-14-3-2-11(19)7-12(14)13-8-15(21-9-20-13)22-16(24)4-10-5-17(25)23-18(26)6-10/h2-3,7-10H,4-6H2,1H3,(H,23,25,26)(H,20,21,22,24). The fraction of sp³-hybridized carbons (Fsp3) is 0.278. The lowest BCUT2D eigenvalue weighted by Crippen LogP contribution is -2.39. The third-order valence-corrected chi connectivity index (χ3v) is 4.07. The van der Waals surface area contributed by atoms with Gasteiger partial charge in [-0.2, -0.15) is 0 Å². The molecule has 3 rings (SSSR count). The zero-order valence-electron chi connectivity index (χ0n) is 14.5. The lowest BCUT2D eigenvalue weighted by atomic mass is 9.93. The van der Waals surface area contributed by atoms with Crippen molar-refractivity contribution in [2.45, 2.75) is 19.3 Å². The van der Waals surface area contributed by atoms with Crippen LogP contribution >= 0.6 is 0 Å². The van der Waals surface area contributed by atoms with E-state index in [-0.39, 0.29) is 48.7 Å². The number of nitrogens with one attached hydrogen (secondary N) is 2. The molecule has 0 spiro atoms. The normalized spacial score (nSPS) is 14.6. The van der Waals surface area contributed by atoms with E-state index < -0.39 is 5.82 Å². The number of imide groups is 1. The van der Waals surface area contributed by atoms with Crippen molar-refractivity contribution in [3.8, 4) is 17.0 Å². The zero-order valence-corrected chi connectivity index (χ0v) is 14.5. The first-order chi connectivity index (χ1) is 12.9. The second-order valence-electron chi connectivity index (χ2n) is 6.13. The summed E-state index contributed by atoms with van der Waals surface area (Å²) in [5.74, 6) is -1.29. The Balaban J connectivity index is 1.72. The van der Waals surface area contributed by atoms with Gasteiger partial charge in [-0.05, 0) is 24.1 Å². The third-order valence-electron chi connectivity index (χ3n) is 4.07. The molecule has 1 aliphatic heterocycles. The number of ether oxygens (including phenoxy) is 1. The highest BCUT2D eigenvalue weighted by Crippen LogP contribution is 2.30. The van der Waals surface area contributed by atoms with Crippen molar-refractivity contribution in [1.29, 1.82) is 0 Å². The van der Waals surface area contributed by atoms with Gasteiger partial charge in [-0.15, -0.1) is 0 Å².